The molecule has 5 N–H and O–H groups in total. The van der Waals surface area contributed by atoms with Gasteiger partial charge < -0.3 is 21.5 Å². The van der Waals surface area contributed by atoms with Crippen LogP contribution in [0.4, 0.5) is 0 Å². The van der Waals surface area contributed by atoms with Crippen LogP contribution in [0.5, 0.6) is 5.75 Å². The molecule has 0 aliphatic carbocycles. The second kappa shape index (κ2) is 12.3. The number of rotatable bonds is 10. The lowest BCUT2D eigenvalue weighted by atomic mass is 9.92. The summed E-state index contributed by atoms with van der Waals surface area (Å²) in [5.41, 5.74) is 7.37. The van der Waals surface area contributed by atoms with Gasteiger partial charge in [0.25, 0.3) is 5.91 Å². The molecule has 0 saturated carbocycles. The number of nitrogens with one attached hydrogen (secondary N) is 2. The minimum absolute atomic E-state index is 0.114. The summed E-state index contributed by atoms with van der Waals surface area (Å²) >= 11 is 0. The molecule has 1 heterocycles. The van der Waals surface area contributed by atoms with E-state index in [1.165, 1.54) is 0 Å². The number of amides is 3. The van der Waals surface area contributed by atoms with E-state index in [0.717, 1.165) is 30.8 Å². The van der Waals surface area contributed by atoms with Crippen LogP contribution in [0.2, 0.25) is 0 Å². The molecule has 9 heteroatoms. The summed E-state index contributed by atoms with van der Waals surface area (Å²) in [6.07, 6.45) is 1.93. The van der Waals surface area contributed by atoms with Crippen LogP contribution in [0.3, 0.4) is 0 Å². The van der Waals surface area contributed by atoms with Crippen LogP contribution < -0.4 is 16.4 Å². The van der Waals surface area contributed by atoms with E-state index in [1.54, 1.807) is 24.3 Å². The average Bonchev–Trinajstić information content (AvgIpc) is 2.85. The van der Waals surface area contributed by atoms with Crippen molar-refractivity contribution in [2.45, 2.75) is 32.0 Å². The van der Waals surface area contributed by atoms with E-state index in [1.807, 2.05) is 30.3 Å². The normalized spacial score (nSPS) is 19.3. The number of aromatic hydroxyl groups is 1. The second-order valence-corrected chi connectivity index (χ2v) is 9.18. The number of nitrogens with zero attached hydrogens (tertiary/aromatic N) is 2. The van der Waals surface area contributed by atoms with Crippen molar-refractivity contribution in [3.63, 3.8) is 0 Å². The maximum absolute atomic E-state index is 12.5. The molecular formula is C27H35N5O4. The van der Waals surface area contributed by atoms with Crippen LogP contribution in [0.1, 0.15) is 41.4 Å². The topological polar surface area (TPSA) is 128 Å². The first-order chi connectivity index (χ1) is 17.2. The first-order valence-corrected chi connectivity index (χ1v) is 12.0. The van der Waals surface area contributed by atoms with Crippen molar-refractivity contribution in [1.29, 1.82) is 0 Å². The van der Waals surface area contributed by atoms with Crippen molar-refractivity contribution < 1.29 is 19.5 Å². The largest absolute Gasteiger partial charge is 0.508 e. The van der Waals surface area contributed by atoms with Crippen LogP contribution in [-0.2, 0) is 9.59 Å². The fourth-order valence-corrected chi connectivity index (χ4v) is 4.60. The van der Waals surface area contributed by atoms with Gasteiger partial charge in [0, 0.05) is 37.3 Å². The molecule has 2 aromatic rings. The highest BCUT2D eigenvalue weighted by molar-refractivity contribution is 5.96. The fourth-order valence-electron chi connectivity index (χ4n) is 4.60. The molecule has 1 aliphatic heterocycles. The van der Waals surface area contributed by atoms with Crippen LogP contribution >= 0.6 is 0 Å². The molecule has 9 nitrogen and oxygen atoms in total. The molecule has 0 bridgehead atoms. The van der Waals surface area contributed by atoms with E-state index >= 15 is 0 Å². The molecule has 0 unspecified atom stereocenters. The number of phenols is 1. The average molecular weight is 494 g/mol. The minimum atomic E-state index is -0.655. The van der Waals surface area contributed by atoms with Gasteiger partial charge in [-0.1, -0.05) is 30.3 Å². The number of primary amides is 1. The maximum atomic E-state index is 12.5. The molecule has 1 aliphatic rings. The van der Waals surface area contributed by atoms with E-state index < -0.39 is 17.7 Å². The van der Waals surface area contributed by atoms with Gasteiger partial charge in [-0.2, -0.15) is 0 Å². The molecule has 192 valence electrons. The fraction of sp³-hybridized carbons (Fsp3) is 0.370. The standard InChI is InChI=1S/C27H35N5O4/c1-4-12-31-16-19(3)32(17-18(31)2)26(22-6-5-7-23(33)13-22)20-8-10-21(11-9-20)27(36)30-15-25(35)29-14-24(28)34/h4-11,13,18-19,26,33H,1,12,14-17H2,2-3H3,(H2,28,34)(H,29,35)(H,30,36)/t18-,19+,26-/m1/s1. The number of nitrogens with two attached hydrogens (primary N) is 1. The van der Waals surface area contributed by atoms with Gasteiger partial charge in [-0.15, -0.1) is 6.58 Å². The highest BCUT2D eigenvalue weighted by Crippen LogP contribution is 2.34. The van der Waals surface area contributed by atoms with Crippen molar-refractivity contribution >= 4 is 17.7 Å². The van der Waals surface area contributed by atoms with Crippen LogP contribution in [0.25, 0.3) is 0 Å². The summed E-state index contributed by atoms with van der Waals surface area (Å²) in [5.74, 6) is -1.35. The zero-order valence-corrected chi connectivity index (χ0v) is 20.8. The Morgan fingerprint density at radius 2 is 1.78 bits per heavy atom. The molecule has 3 atom stereocenters. The first-order valence-electron chi connectivity index (χ1n) is 12.0. The summed E-state index contributed by atoms with van der Waals surface area (Å²) in [6, 6.07) is 15.0. The highest BCUT2D eigenvalue weighted by Gasteiger charge is 2.34. The molecule has 0 spiro atoms. The predicted molar refractivity (Wildman–Crippen MR) is 138 cm³/mol. The molecular weight excluding hydrogens is 458 g/mol. The molecule has 0 radical (unpaired) electrons. The number of benzene rings is 2. The lowest BCUT2D eigenvalue weighted by Crippen LogP contribution is -2.57. The Balaban J connectivity index is 1.80. The minimum Gasteiger partial charge on any atom is -0.508 e. The summed E-state index contributed by atoms with van der Waals surface area (Å²) < 4.78 is 0. The Morgan fingerprint density at radius 3 is 2.42 bits per heavy atom. The Morgan fingerprint density at radius 1 is 1.06 bits per heavy atom. The monoisotopic (exact) mass is 493 g/mol. The van der Waals surface area contributed by atoms with Gasteiger partial charge in [0.1, 0.15) is 5.75 Å². The third-order valence-corrected chi connectivity index (χ3v) is 6.40. The van der Waals surface area contributed by atoms with Crippen molar-refractivity contribution in [1.82, 2.24) is 20.4 Å². The Hall–Kier alpha value is -3.69. The summed E-state index contributed by atoms with van der Waals surface area (Å²) in [6.45, 7) is 10.3. The molecule has 36 heavy (non-hydrogen) atoms. The number of hydrogen-bond acceptors (Lipinski definition) is 6. The molecule has 0 aromatic heterocycles. The molecule has 1 saturated heterocycles. The van der Waals surface area contributed by atoms with Crippen LogP contribution in [0, 0.1) is 0 Å². The third-order valence-electron chi connectivity index (χ3n) is 6.40. The summed E-state index contributed by atoms with van der Waals surface area (Å²) in [4.78, 5) is 39.9. The zero-order chi connectivity index (χ0) is 26.2. The Labute approximate surface area is 212 Å². The Kier molecular flexibility index (Phi) is 9.21. The third kappa shape index (κ3) is 6.93. The van der Waals surface area contributed by atoms with E-state index in [9.17, 15) is 19.5 Å². The highest BCUT2D eigenvalue weighted by atomic mass is 16.3. The van der Waals surface area contributed by atoms with Gasteiger partial charge >= 0.3 is 0 Å². The van der Waals surface area contributed by atoms with Gasteiger partial charge in [0.15, 0.2) is 0 Å². The van der Waals surface area contributed by atoms with Gasteiger partial charge in [-0.25, -0.2) is 0 Å². The van der Waals surface area contributed by atoms with Crippen molar-refractivity contribution in [2.24, 2.45) is 5.73 Å². The smallest absolute Gasteiger partial charge is 0.251 e. The van der Waals surface area contributed by atoms with E-state index in [4.69, 9.17) is 5.73 Å². The number of phenolic OH excluding ortho intramolecular Hbond substituents is 1. The predicted octanol–water partition coefficient (Wildman–Crippen LogP) is 1.39. The maximum Gasteiger partial charge on any atom is 0.251 e. The summed E-state index contributed by atoms with van der Waals surface area (Å²) in [7, 11) is 0. The Bertz CT molecular complexity index is 1090. The van der Waals surface area contributed by atoms with Crippen LogP contribution in [-0.4, -0.2) is 77.4 Å². The zero-order valence-electron chi connectivity index (χ0n) is 20.8. The lowest BCUT2D eigenvalue weighted by molar-refractivity contribution is -0.124. The van der Waals surface area contributed by atoms with Gasteiger partial charge in [-0.05, 0) is 49.2 Å². The molecule has 2 aromatic carbocycles. The second-order valence-electron chi connectivity index (χ2n) is 9.18. The van der Waals surface area contributed by atoms with E-state index in [2.05, 4.69) is 40.9 Å². The molecule has 1 fully saturated rings. The van der Waals surface area contributed by atoms with E-state index in [-0.39, 0.29) is 30.9 Å². The number of hydrogen-bond donors (Lipinski definition) is 4. The van der Waals surface area contributed by atoms with E-state index in [0.29, 0.717) is 11.6 Å². The number of carbonyl (C=O) groups is 3. The van der Waals surface area contributed by atoms with Gasteiger partial charge in [0.2, 0.25) is 11.8 Å². The van der Waals surface area contributed by atoms with Gasteiger partial charge in [0.05, 0.1) is 19.1 Å². The number of carbonyl (C=O) groups excluding carboxylic acids is 3. The molecule has 3 rings (SSSR count). The quantitative estimate of drug-likeness (QED) is 0.371. The molecule has 3 amide bonds. The first kappa shape index (κ1) is 26.9. The van der Waals surface area contributed by atoms with Crippen molar-refractivity contribution in [2.75, 3.05) is 32.7 Å². The van der Waals surface area contributed by atoms with Crippen molar-refractivity contribution in [3.05, 3.63) is 77.9 Å². The number of piperazine rings is 1. The SMILES string of the molecule is C=CCN1C[C@H](C)N([C@H](c2ccc(C(=O)NCC(=O)NCC(N)=O)cc2)c2cccc(O)c2)C[C@H]1C. The summed E-state index contributed by atoms with van der Waals surface area (Å²) in [5, 5.41) is 15.0. The van der Waals surface area contributed by atoms with Crippen molar-refractivity contribution in [3.8, 4) is 5.75 Å². The lowest BCUT2D eigenvalue weighted by Gasteiger charge is -2.47. The van der Waals surface area contributed by atoms with Crippen LogP contribution in [0.15, 0.2) is 61.2 Å². The van der Waals surface area contributed by atoms with Gasteiger partial charge in [-0.3, -0.25) is 24.2 Å².